The predicted octanol–water partition coefficient (Wildman–Crippen LogP) is 8.41. The maximum absolute atomic E-state index is 14.4. The number of carbonyl (C=O) groups is 1. The molecule has 0 radical (unpaired) electrons. The number of hydrogen-bond acceptors (Lipinski definition) is 3. The van der Waals surface area contributed by atoms with E-state index in [0.29, 0.717) is 45.7 Å². The molecule has 0 heterocycles. The molecule has 0 fully saturated rings. The Labute approximate surface area is 248 Å². The van der Waals surface area contributed by atoms with Crippen LogP contribution in [0.25, 0.3) is 65.3 Å². The molecule has 5 heteroatoms. The Morgan fingerprint density at radius 1 is 0.605 bits per heavy atom. The number of hydrogen-bond donors (Lipinski definition) is 1. The van der Waals surface area contributed by atoms with Crippen molar-refractivity contribution in [3.8, 4) is 22.3 Å². The Kier molecular flexibility index (Phi) is 6.32. The molecule has 0 aliphatic rings. The summed E-state index contributed by atoms with van der Waals surface area (Å²) in [6, 6.07) is 30.8. The van der Waals surface area contributed by atoms with Crippen molar-refractivity contribution in [2.24, 2.45) is 0 Å². The molecule has 0 bridgehead atoms. The molecule has 43 heavy (non-hydrogen) atoms. The van der Waals surface area contributed by atoms with Crippen LogP contribution in [0.1, 0.15) is 19.4 Å². The lowest BCUT2D eigenvalue weighted by Gasteiger charge is -2.22. The molecule has 5 nitrogen and oxygen atoms in total. The first-order chi connectivity index (χ1) is 20.9. The van der Waals surface area contributed by atoms with Crippen molar-refractivity contribution < 1.29 is 4.79 Å². The lowest BCUT2D eigenvalue weighted by molar-refractivity contribution is 0.217. The number of amides is 2. The van der Waals surface area contributed by atoms with Crippen LogP contribution in [0, 0.1) is 6.92 Å². The van der Waals surface area contributed by atoms with Gasteiger partial charge in [-0.2, -0.15) is 0 Å². The van der Waals surface area contributed by atoms with Gasteiger partial charge in [-0.3, -0.25) is 9.59 Å². The van der Waals surface area contributed by atoms with Crippen LogP contribution in [0.2, 0.25) is 0 Å². The minimum absolute atomic E-state index is 0.0901. The fraction of sp³-hybridized carbons (Fsp3) is 0.132. The zero-order valence-corrected chi connectivity index (χ0v) is 24.3. The van der Waals surface area contributed by atoms with Crippen molar-refractivity contribution in [2.45, 2.75) is 20.8 Å². The van der Waals surface area contributed by atoms with Crippen molar-refractivity contribution in [1.82, 2.24) is 4.90 Å². The molecule has 7 aromatic carbocycles. The first-order valence-electron chi connectivity index (χ1n) is 14.7. The third-order valence-electron chi connectivity index (χ3n) is 8.67. The van der Waals surface area contributed by atoms with E-state index in [9.17, 15) is 14.4 Å². The summed E-state index contributed by atoms with van der Waals surface area (Å²) in [6.45, 7) is 7.07. The number of nitrogens with one attached hydrogen (secondary N) is 1. The van der Waals surface area contributed by atoms with Crippen LogP contribution in [0.5, 0.6) is 0 Å². The monoisotopic (exact) mass is 562 g/mol. The van der Waals surface area contributed by atoms with Gasteiger partial charge < -0.3 is 10.2 Å². The number of carbonyl (C=O) groups excluding carboxylic acids is 1. The fourth-order valence-corrected chi connectivity index (χ4v) is 6.60. The van der Waals surface area contributed by atoms with Gasteiger partial charge >= 0.3 is 6.03 Å². The Morgan fingerprint density at radius 2 is 1.14 bits per heavy atom. The number of benzene rings is 5. The van der Waals surface area contributed by atoms with Gasteiger partial charge in [0.1, 0.15) is 0 Å². The van der Waals surface area contributed by atoms with E-state index in [-0.39, 0.29) is 16.9 Å². The Bertz CT molecular complexity index is 2300. The highest BCUT2D eigenvalue weighted by atomic mass is 16.2. The molecule has 0 atom stereocenters. The van der Waals surface area contributed by atoms with E-state index in [1.165, 1.54) is 0 Å². The summed E-state index contributed by atoms with van der Waals surface area (Å²) in [4.78, 5) is 43.7. The Balaban J connectivity index is 1.74. The van der Waals surface area contributed by atoms with Crippen molar-refractivity contribution in [2.75, 3.05) is 18.4 Å². The summed E-state index contributed by atoms with van der Waals surface area (Å²) in [5.74, 6) is 0. The molecule has 0 aliphatic carbocycles. The maximum Gasteiger partial charge on any atom is 0.321 e. The Hall–Kier alpha value is -5.29. The van der Waals surface area contributed by atoms with Gasteiger partial charge in [-0.25, -0.2) is 4.79 Å². The molecule has 7 rings (SSSR count). The smallest absolute Gasteiger partial charge is 0.321 e. The van der Waals surface area contributed by atoms with Gasteiger partial charge in [0.15, 0.2) is 10.9 Å². The summed E-state index contributed by atoms with van der Waals surface area (Å²) in [6.07, 6.45) is 0. The molecule has 0 aromatic heterocycles. The molecule has 0 unspecified atom stereocenters. The lowest BCUT2D eigenvalue weighted by Crippen LogP contribution is -2.34. The molecule has 2 amide bonds. The van der Waals surface area contributed by atoms with Gasteiger partial charge in [0.2, 0.25) is 0 Å². The van der Waals surface area contributed by atoms with Crippen LogP contribution in [-0.4, -0.2) is 24.0 Å². The second-order valence-electron chi connectivity index (χ2n) is 11.0. The minimum Gasteiger partial charge on any atom is -0.325 e. The lowest BCUT2D eigenvalue weighted by atomic mass is 9.86. The molecule has 0 saturated heterocycles. The van der Waals surface area contributed by atoms with Gasteiger partial charge in [0.25, 0.3) is 0 Å². The number of nitrogens with zero attached hydrogens (tertiary/aromatic N) is 1. The van der Waals surface area contributed by atoms with Crippen molar-refractivity contribution >= 4 is 54.8 Å². The summed E-state index contributed by atoms with van der Waals surface area (Å²) >= 11 is 0. The molecule has 0 aliphatic heterocycles. The summed E-state index contributed by atoms with van der Waals surface area (Å²) < 4.78 is 0. The van der Waals surface area contributed by atoms with E-state index in [1.54, 1.807) is 4.90 Å². The zero-order chi connectivity index (χ0) is 29.8. The van der Waals surface area contributed by atoms with Crippen LogP contribution >= 0.6 is 0 Å². The average Bonchev–Trinajstić information content (AvgIpc) is 3.49. The van der Waals surface area contributed by atoms with Crippen LogP contribution < -0.4 is 16.2 Å². The highest BCUT2D eigenvalue weighted by Gasteiger charge is 2.28. The first kappa shape index (κ1) is 26.6. The van der Waals surface area contributed by atoms with E-state index >= 15 is 0 Å². The van der Waals surface area contributed by atoms with E-state index in [1.807, 2.05) is 118 Å². The third-order valence-corrected chi connectivity index (χ3v) is 8.67. The van der Waals surface area contributed by atoms with E-state index in [2.05, 4.69) is 5.32 Å². The van der Waals surface area contributed by atoms with Gasteiger partial charge in [-0.1, -0.05) is 96.6 Å². The number of anilines is 1. The van der Waals surface area contributed by atoms with Crippen molar-refractivity contribution in [3.63, 3.8) is 0 Å². The van der Waals surface area contributed by atoms with Gasteiger partial charge in [0.05, 0.1) is 5.69 Å². The molecular weight excluding hydrogens is 532 g/mol. The summed E-state index contributed by atoms with van der Waals surface area (Å²) in [5.41, 5.74) is 4.70. The van der Waals surface area contributed by atoms with Crippen LogP contribution in [0.4, 0.5) is 10.5 Å². The first-order valence-corrected chi connectivity index (χ1v) is 14.7. The molecular formula is C38H30N2O3. The number of fused-ring (bicyclic) bond motifs is 7. The summed E-state index contributed by atoms with van der Waals surface area (Å²) in [5, 5.41) is 8.53. The molecule has 1 N–H and O–H groups in total. The quantitative estimate of drug-likeness (QED) is 0.229. The van der Waals surface area contributed by atoms with E-state index < -0.39 is 0 Å². The van der Waals surface area contributed by atoms with E-state index in [4.69, 9.17) is 0 Å². The normalized spacial score (nSPS) is 11.6. The largest absolute Gasteiger partial charge is 0.325 e. The molecule has 0 saturated carbocycles. The van der Waals surface area contributed by atoms with E-state index in [0.717, 1.165) is 44.0 Å². The minimum atomic E-state index is -0.202. The van der Waals surface area contributed by atoms with Crippen LogP contribution in [0.3, 0.4) is 0 Å². The summed E-state index contributed by atoms with van der Waals surface area (Å²) in [7, 11) is 0. The molecule has 7 aromatic rings. The van der Waals surface area contributed by atoms with Crippen molar-refractivity contribution in [3.05, 3.63) is 123 Å². The number of rotatable bonds is 5. The number of urea groups is 1. The van der Waals surface area contributed by atoms with Crippen LogP contribution in [0.15, 0.2) is 107 Å². The zero-order valence-electron chi connectivity index (χ0n) is 24.3. The maximum atomic E-state index is 14.4. The molecule has 0 spiro atoms. The van der Waals surface area contributed by atoms with Gasteiger partial charge in [0, 0.05) is 62.1 Å². The standard InChI is InChI=1S/C38H30N2O3/c1-4-40(5-2)38(43)39-29-17-11-10-16-28(29)33-30(23-20-18-22(3)19-21-23)34-32(25-13-7-9-15-27(25)36(34)41)35-31(33)24-12-6-8-14-26(24)37(35)42/h6-21H,4-5H2,1-3H3,(H,39,43). The average molecular weight is 563 g/mol. The second kappa shape index (κ2) is 10.2. The second-order valence-corrected chi connectivity index (χ2v) is 11.0. The topological polar surface area (TPSA) is 66.5 Å². The van der Waals surface area contributed by atoms with Gasteiger partial charge in [-0.15, -0.1) is 0 Å². The number of para-hydroxylation sites is 1. The highest BCUT2D eigenvalue weighted by molar-refractivity contribution is 6.36. The van der Waals surface area contributed by atoms with Crippen LogP contribution in [-0.2, 0) is 0 Å². The SMILES string of the molecule is CCN(CC)C(=O)Nc1ccccc1-c1c(-c2ccc(C)cc2)c2c(=O)c3ccccc3c2c2c(=O)c3ccccc3c12. The van der Waals surface area contributed by atoms with Gasteiger partial charge in [-0.05, 0) is 43.2 Å². The van der Waals surface area contributed by atoms with Crippen molar-refractivity contribution in [1.29, 1.82) is 0 Å². The highest BCUT2D eigenvalue weighted by Crippen LogP contribution is 2.49. The fourth-order valence-electron chi connectivity index (χ4n) is 6.60. The molecule has 210 valence electrons. The third kappa shape index (κ3) is 3.96. The Morgan fingerprint density at radius 3 is 1.77 bits per heavy atom. The number of aryl methyl sites for hydroxylation is 1. The predicted molar refractivity (Wildman–Crippen MR) is 179 cm³/mol.